The minimum atomic E-state index is -0.659. The van der Waals surface area contributed by atoms with Crippen molar-refractivity contribution in [1.29, 1.82) is 0 Å². The molecule has 0 bridgehead atoms. The molecule has 0 atom stereocenters. The van der Waals surface area contributed by atoms with E-state index in [0.717, 1.165) is 6.07 Å². The lowest BCUT2D eigenvalue weighted by atomic mass is 9.95. The van der Waals surface area contributed by atoms with Gasteiger partial charge in [-0.15, -0.1) is 0 Å². The molecule has 0 radical (unpaired) electrons. The molecule has 106 valence electrons. The first-order valence-corrected chi connectivity index (χ1v) is 6.19. The van der Waals surface area contributed by atoms with E-state index in [9.17, 15) is 14.5 Å². The number of aryl methyl sites for hydroxylation is 1. The zero-order valence-electron chi connectivity index (χ0n) is 11.4. The number of hydrogen-bond donors (Lipinski definition) is 1. The van der Waals surface area contributed by atoms with Crippen LogP contribution in [0.3, 0.4) is 0 Å². The summed E-state index contributed by atoms with van der Waals surface area (Å²) in [5.41, 5.74) is 5.46. The molecule has 1 aromatic carbocycles. The monoisotopic (exact) mass is 270 g/mol. The molecule has 0 heterocycles. The maximum absolute atomic E-state index is 13.3. The van der Waals surface area contributed by atoms with E-state index in [1.54, 1.807) is 0 Å². The Labute approximate surface area is 111 Å². The van der Waals surface area contributed by atoms with Crippen LogP contribution in [0.15, 0.2) is 12.1 Å². The molecule has 1 rings (SSSR count). The number of nitrogens with two attached hydrogens (primary N) is 1. The minimum absolute atomic E-state index is 0.0561. The number of ether oxygens (including phenoxy) is 1. The summed E-state index contributed by atoms with van der Waals surface area (Å²) in [6.07, 6.45) is 1.38. The van der Waals surface area contributed by atoms with Crippen molar-refractivity contribution < 1.29 is 14.1 Å². The first kappa shape index (κ1) is 15.4. The lowest BCUT2D eigenvalue weighted by Gasteiger charge is -2.26. The number of nitro benzene ring substituents is 1. The number of rotatable bonds is 6. The molecule has 0 saturated carbocycles. The van der Waals surface area contributed by atoms with Gasteiger partial charge >= 0.3 is 5.69 Å². The molecule has 1 aromatic rings. The van der Waals surface area contributed by atoms with Crippen molar-refractivity contribution in [3.8, 4) is 5.75 Å². The summed E-state index contributed by atoms with van der Waals surface area (Å²) in [4.78, 5) is 10.2. The fraction of sp³-hybridized carbons (Fsp3) is 0.538. The van der Waals surface area contributed by atoms with E-state index in [1.165, 1.54) is 13.0 Å². The Morgan fingerprint density at radius 1 is 1.42 bits per heavy atom. The Kier molecular flexibility index (Phi) is 4.83. The second kappa shape index (κ2) is 5.97. The van der Waals surface area contributed by atoms with E-state index in [-0.39, 0.29) is 18.0 Å². The number of nitro groups is 1. The predicted molar refractivity (Wildman–Crippen MR) is 70.8 cm³/mol. The van der Waals surface area contributed by atoms with Gasteiger partial charge < -0.3 is 10.5 Å². The van der Waals surface area contributed by atoms with Crippen molar-refractivity contribution in [1.82, 2.24) is 0 Å². The zero-order chi connectivity index (χ0) is 14.6. The fourth-order valence-electron chi connectivity index (χ4n) is 1.58. The molecule has 2 N–H and O–H groups in total. The van der Waals surface area contributed by atoms with Crippen molar-refractivity contribution in [2.75, 3.05) is 6.61 Å². The van der Waals surface area contributed by atoms with Crippen LogP contribution in [0.2, 0.25) is 0 Å². The molecule has 0 aliphatic carbocycles. The third kappa shape index (κ3) is 3.64. The molecular formula is C13H19FN2O3. The Bertz CT molecular complexity index is 473. The third-order valence-corrected chi connectivity index (χ3v) is 3.36. The summed E-state index contributed by atoms with van der Waals surface area (Å²) in [6.45, 7) is 5.54. The topological polar surface area (TPSA) is 78.4 Å². The van der Waals surface area contributed by atoms with Gasteiger partial charge in [0.15, 0.2) is 5.75 Å². The van der Waals surface area contributed by atoms with Crippen LogP contribution in [0.25, 0.3) is 0 Å². The van der Waals surface area contributed by atoms with Crippen LogP contribution in [0.4, 0.5) is 10.1 Å². The van der Waals surface area contributed by atoms with Crippen molar-refractivity contribution in [3.63, 3.8) is 0 Å². The van der Waals surface area contributed by atoms with E-state index in [1.807, 2.05) is 13.8 Å². The molecule has 5 nitrogen and oxygen atoms in total. The lowest BCUT2D eigenvalue weighted by Crippen LogP contribution is -2.44. The van der Waals surface area contributed by atoms with Gasteiger partial charge in [0, 0.05) is 5.54 Å². The van der Waals surface area contributed by atoms with E-state index in [0.29, 0.717) is 18.4 Å². The smallest absolute Gasteiger partial charge is 0.313 e. The van der Waals surface area contributed by atoms with Crippen molar-refractivity contribution in [2.45, 2.75) is 39.2 Å². The van der Waals surface area contributed by atoms with E-state index in [4.69, 9.17) is 10.5 Å². The van der Waals surface area contributed by atoms with Gasteiger partial charge in [0.25, 0.3) is 0 Å². The minimum Gasteiger partial charge on any atom is -0.485 e. The van der Waals surface area contributed by atoms with E-state index in [2.05, 4.69) is 0 Å². The fourth-order valence-corrected chi connectivity index (χ4v) is 1.58. The van der Waals surface area contributed by atoms with Gasteiger partial charge in [-0.25, -0.2) is 4.39 Å². The molecule has 0 aromatic heterocycles. The van der Waals surface area contributed by atoms with Gasteiger partial charge in [-0.05, 0) is 31.4 Å². The Morgan fingerprint density at radius 3 is 2.47 bits per heavy atom. The molecule has 0 saturated heterocycles. The maximum Gasteiger partial charge on any atom is 0.313 e. The van der Waals surface area contributed by atoms with Crippen LogP contribution in [0.5, 0.6) is 5.75 Å². The highest BCUT2D eigenvalue weighted by Gasteiger charge is 2.24. The second-order valence-electron chi connectivity index (χ2n) is 4.68. The summed E-state index contributed by atoms with van der Waals surface area (Å²) in [7, 11) is 0. The SMILES string of the molecule is CCC(N)(CC)COc1cc(C)c(F)cc1[N+](=O)[O-]. The normalized spacial score (nSPS) is 11.4. The van der Waals surface area contributed by atoms with Gasteiger partial charge in [0.2, 0.25) is 0 Å². The number of hydrogen-bond acceptors (Lipinski definition) is 4. The molecule has 0 fully saturated rings. The van der Waals surface area contributed by atoms with Crippen molar-refractivity contribution in [3.05, 3.63) is 33.6 Å². The summed E-state index contributed by atoms with van der Waals surface area (Å²) in [6, 6.07) is 2.21. The van der Waals surface area contributed by atoms with Gasteiger partial charge in [-0.1, -0.05) is 13.8 Å². The molecule has 19 heavy (non-hydrogen) atoms. The highest BCUT2D eigenvalue weighted by atomic mass is 19.1. The summed E-state index contributed by atoms with van der Waals surface area (Å²) in [5, 5.41) is 10.9. The van der Waals surface area contributed by atoms with Crippen LogP contribution < -0.4 is 10.5 Å². The molecule has 0 amide bonds. The van der Waals surface area contributed by atoms with Crippen LogP contribution >= 0.6 is 0 Å². The van der Waals surface area contributed by atoms with E-state index >= 15 is 0 Å². The summed E-state index contributed by atoms with van der Waals surface area (Å²) >= 11 is 0. The van der Waals surface area contributed by atoms with Crippen LogP contribution in [0.1, 0.15) is 32.3 Å². The summed E-state index contributed by atoms with van der Waals surface area (Å²) in [5.74, 6) is -0.565. The third-order valence-electron chi connectivity index (χ3n) is 3.36. The number of nitrogens with zero attached hydrogens (tertiary/aromatic N) is 1. The predicted octanol–water partition coefficient (Wildman–Crippen LogP) is 2.94. The Morgan fingerprint density at radius 2 is 2.00 bits per heavy atom. The van der Waals surface area contributed by atoms with Gasteiger partial charge in [0.05, 0.1) is 11.0 Å². The van der Waals surface area contributed by atoms with Crippen molar-refractivity contribution >= 4 is 5.69 Å². The zero-order valence-corrected chi connectivity index (χ0v) is 11.4. The largest absolute Gasteiger partial charge is 0.485 e. The highest BCUT2D eigenvalue weighted by Crippen LogP contribution is 2.30. The quantitative estimate of drug-likeness (QED) is 0.636. The Hall–Kier alpha value is -1.69. The standard InChI is InChI=1S/C13H19FN2O3/c1-4-13(15,5-2)8-19-12-6-9(3)10(14)7-11(12)16(17)18/h6-7H,4-5,8,15H2,1-3H3. The van der Waals surface area contributed by atoms with E-state index < -0.39 is 16.3 Å². The van der Waals surface area contributed by atoms with Gasteiger partial charge in [-0.3, -0.25) is 10.1 Å². The molecule has 6 heteroatoms. The first-order chi connectivity index (χ1) is 8.83. The average Bonchev–Trinajstić information content (AvgIpc) is 2.39. The second-order valence-corrected chi connectivity index (χ2v) is 4.68. The molecule has 0 aliphatic heterocycles. The Balaban J connectivity index is 3.00. The van der Waals surface area contributed by atoms with Crippen molar-refractivity contribution in [2.24, 2.45) is 5.73 Å². The van der Waals surface area contributed by atoms with Gasteiger partial charge in [0.1, 0.15) is 12.4 Å². The molecule has 0 spiro atoms. The lowest BCUT2D eigenvalue weighted by molar-refractivity contribution is -0.386. The molecular weight excluding hydrogens is 251 g/mol. The van der Waals surface area contributed by atoms with Crippen LogP contribution in [-0.4, -0.2) is 17.1 Å². The van der Waals surface area contributed by atoms with Gasteiger partial charge in [-0.2, -0.15) is 0 Å². The number of halogens is 1. The van der Waals surface area contributed by atoms with Crippen LogP contribution in [0, 0.1) is 22.9 Å². The average molecular weight is 270 g/mol. The maximum atomic E-state index is 13.3. The van der Waals surface area contributed by atoms with Crippen LogP contribution in [-0.2, 0) is 0 Å². The first-order valence-electron chi connectivity index (χ1n) is 6.19. The highest BCUT2D eigenvalue weighted by molar-refractivity contribution is 5.49. The molecule has 0 unspecified atom stereocenters. The number of benzene rings is 1. The summed E-state index contributed by atoms with van der Waals surface area (Å²) < 4.78 is 18.8. The molecule has 0 aliphatic rings.